The van der Waals surface area contributed by atoms with Crippen molar-refractivity contribution >= 4 is 23.8 Å². The van der Waals surface area contributed by atoms with Gasteiger partial charge >= 0.3 is 0 Å². The fraction of sp³-hybridized carbons (Fsp3) is 0.333. The molecule has 0 saturated carbocycles. The van der Waals surface area contributed by atoms with E-state index in [0.29, 0.717) is 0 Å². The van der Waals surface area contributed by atoms with Crippen LogP contribution in [0.5, 0.6) is 0 Å². The van der Waals surface area contributed by atoms with Gasteiger partial charge in [0.2, 0.25) is 30.0 Å². The Morgan fingerprint density at radius 1 is 0.750 bits per heavy atom. The second-order valence-electron chi connectivity index (χ2n) is 3.87. The Morgan fingerprint density at radius 2 is 1.16 bits per heavy atom. The summed E-state index contributed by atoms with van der Waals surface area (Å²) < 4.78 is 4.87. The van der Waals surface area contributed by atoms with Crippen LogP contribution in [0, 0.1) is 45.8 Å². The highest BCUT2D eigenvalue weighted by Crippen LogP contribution is 1.73. The molecule has 0 bridgehead atoms. The molecule has 0 rings (SSSR count). The van der Waals surface area contributed by atoms with Crippen LogP contribution in [0.3, 0.4) is 0 Å². The van der Waals surface area contributed by atoms with Crippen molar-refractivity contribution in [1.29, 1.82) is 21.0 Å². The minimum atomic E-state index is -0.402. The molecule has 0 aromatic carbocycles. The minimum absolute atomic E-state index is 0. The van der Waals surface area contributed by atoms with Gasteiger partial charge in [-0.1, -0.05) is 0 Å². The molecule has 0 saturated heterocycles. The molecule has 20 nitrogen and oxygen atoms in total. The summed E-state index contributed by atoms with van der Waals surface area (Å²) in [5.74, 6) is -0.245. The lowest BCUT2D eigenvalue weighted by Gasteiger charge is -2.03. The quantitative estimate of drug-likeness (QED) is 0.0443. The standard InChI is InChI=1S/C6H10N8O.2C3H6N4O.H2O/c7-1-11-5(9)13-3-15-4-14-6(10)12-2-8;2*4-1-6-3(5)7-2-8;/h3-4H2,(H3,9,11,13)(H3,10,12,14);2*8H,2H2,(H3,5,6,7);1H2. The summed E-state index contributed by atoms with van der Waals surface area (Å²) in [5, 5.41) is 56.7. The summed E-state index contributed by atoms with van der Waals surface area (Å²) in [5.41, 5.74) is 20.3. The van der Waals surface area contributed by atoms with Gasteiger partial charge in [-0.25, -0.2) is 15.0 Å². The van der Waals surface area contributed by atoms with Crippen molar-refractivity contribution in [3.63, 3.8) is 0 Å². The van der Waals surface area contributed by atoms with E-state index in [0.717, 1.165) is 0 Å². The van der Waals surface area contributed by atoms with Crippen LogP contribution >= 0.6 is 0 Å². The summed E-state index contributed by atoms with van der Waals surface area (Å²) in [4.78, 5) is 13.3. The summed E-state index contributed by atoms with van der Waals surface area (Å²) in [6.45, 7) is -0.825. The van der Waals surface area contributed by atoms with E-state index in [1.165, 1.54) is 18.6 Å². The summed E-state index contributed by atoms with van der Waals surface area (Å²) in [6, 6.07) is 0. The highest BCUT2D eigenvalue weighted by Gasteiger charge is 1.90. The first-order chi connectivity index (χ1) is 14.8. The number of guanidine groups is 4. The van der Waals surface area contributed by atoms with Gasteiger partial charge in [0.05, 0.1) is 0 Å². The number of aliphatic hydroxyl groups excluding tert-OH is 2. The van der Waals surface area contributed by atoms with Crippen molar-refractivity contribution < 1.29 is 20.4 Å². The topological polar surface area (TPSA) is 378 Å². The molecular weight excluding hydrogens is 432 g/mol. The number of rotatable bonds is 6. The number of hydrogen-bond donors (Lipinski definition) is 10. The van der Waals surface area contributed by atoms with Crippen molar-refractivity contribution in [2.45, 2.75) is 0 Å². The molecule has 0 amide bonds. The van der Waals surface area contributed by atoms with E-state index in [-0.39, 0.29) is 42.8 Å². The smallest absolute Gasteiger partial charge is 0.209 e. The minimum Gasteiger partial charge on any atom is -0.412 e. The van der Waals surface area contributed by atoms with Crippen molar-refractivity contribution in [3.8, 4) is 24.8 Å². The maximum atomic E-state index is 8.13. The third-order valence-electron chi connectivity index (χ3n) is 1.89. The Bertz CT molecular complexity index is 734. The van der Waals surface area contributed by atoms with Gasteiger partial charge in [0, 0.05) is 0 Å². The maximum absolute atomic E-state index is 8.13. The van der Waals surface area contributed by atoms with Crippen LogP contribution in [-0.2, 0) is 4.74 Å². The molecule has 0 radical (unpaired) electrons. The number of aliphatic hydroxyl groups is 2. The van der Waals surface area contributed by atoms with Gasteiger partial charge in [-0.3, -0.25) is 16.0 Å². The van der Waals surface area contributed by atoms with E-state index >= 15 is 0 Å². The number of nitriles is 4. The summed E-state index contributed by atoms with van der Waals surface area (Å²) >= 11 is 0. The Morgan fingerprint density at radius 3 is 1.50 bits per heavy atom. The van der Waals surface area contributed by atoms with Gasteiger partial charge in [0.15, 0.2) is 18.6 Å². The third-order valence-corrected chi connectivity index (χ3v) is 1.89. The molecule has 0 aliphatic rings. The predicted molar refractivity (Wildman–Crippen MR) is 110 cm³/mol. The Hall–Kier alpha value is -5.12. The van der Waals surface area contributed by atoms with Gasteiger partial charge in [0.25, 0.3) is 0 Å². The molecule has 176 valence electrons. The normalized spacial score (nSPS) is 10.4. The van der Waals surface area contributed by atoms with Crippen LogP contribution in [-0.4, -0.2) is 66.5 Å². The number of nitrogens with one attached hydrogen (secondary N) is 4. The highest BCUT2D eigenvalue weighted by molar-refractivity contribution is 5.80. The molecule has 0 aliphatic carbocycles. The number of nitrogens with zero attached hydrogens (tertiary/aromatic N) is 8. The molecule has 0 fully saturated rings. The molecule has 32 heavy (non-hydrogen) atoms. The van der Waals surface area contributed by atoms with E-state index < -0.39 is 13.5 Å². The Balaban J connectivity index is -0.000000197. The first-order valence-corrected chi connectivity index (χ1v) is 7.43. The maximum Gasteiger partial charge on any atom is 0.209 e. The van der Waals surface area contributed by atoms with Gasteiger partial charge in [0.1, 0.15) is 26.9 Å². The molecule has 0 aromatic heterocycles. The van der Waals surface area contributed by atoms with Crippen LogP contribution in [0.2, 0.25) is 0 Å². The van der Waals surface area contributed by atoms with Gasteiger partial charge < -0.3 is 48.7 Å². The molecule has 0 aliphatic heterocycles. The van der Waals surface area contributed by atoms with E-state index in [9.17, 15) is 0 Å². The van der Waals surface area contributed by atoms with Crippen molar-refractivity contribution in [1.82, 2.24) is 21.3 Å². The van der Waals surface area contributed by atoms with Crippen LogP contribution in [0.15, 0.2) is 20.0 Å². The van der Waals surface area contributed by atoms with E-state index in [1.807, 2.05) is 10.6 Å². The zero-order chi connectivity index (χ0) is 24.3. The second kappa shape index (κ2) is 28.1. The molecule has 0 atom stereocenters. The van der Waals surface area contributed by atoms with Gasteiger partial charge in [-0.15, -0.1) is 4.99 Å². The van der Waals surface area contributed by atoms with Crippen molar-refractivity contribution in [2.75, 3.05) is 26.9 Å². The molecular formula is C12H24N16O4. The first kappa shape index (κ1) is 34.4. The molecule has 16 N–H and O–H groups in total. The predicted octanol–water partition coefficient (Wildman–Crippen LogP) is -6.49. The van der Waals surface area contributed by atoms with Gasteiger partial charge in [-0.2, -0.15) is 21.0 Å². The van der Waals surface area contributed by atoms with Crippen molar-refractivity contribution in [3.05, 3.63) is 0 Å². The van der Waals surface area contributed by atoms with Crippen LogP contribution in [0.1, 0.15) is 0 Å². The van der Waals surface area contributed by atoms with E-state index in [1.54, 1.807) is 6.19 Å². The number of ether oxygens (including phenoxy) is 1. The van der Waals surface area contributed by atoms with Crippen LogP contribution in [0.4, 0.5) is 0 Å². The molecule has 0 aromatic rings. The SMILES string of the molecule is N#CN=C(N)NCOCN=C(N)NC#N.N#CNC(N)=NCO.N#CNC(N)=NCO.O. The molecule has 0 spiro atoms. The molecule has 0 heterocycles. The Kier molecular flexibility index (Phi) is 30.2. The number of nitrogens with two attached hydrogens (primary N) is 4. The summed E-state index contributed by atoms with van der Waals surface area (Å²) in [7, 11) is 0. The van der Waals surface area contributed by atoms with Crippen LogP contribution in [0.25, 0.3) is 0 Å². The molecule has 20 heteroatoms. The Labute approximate surface area is 182 Å². The summed E-state index contributed by atoms with van der Waals surface area (Å²) in [6.07, 6.45) is 6.16. The largest absolute Gasteiger partial charge is 0.412 e. The average molecular weight is 456 g/mol. The van der Waals surface area contributed by atoms with E-state index in [4.69, 9.17) is 58.9 Å². The fourth-order valence-electron chi connectivity index (χ4n) is 0.822. The zero-order valence-corrected chi connectivity index (χ0v) is 16.5. The number of hydrogen-bond acceptors (Lipinski definition) is 11. The fourth-order valence-corrected chi connectivity index (χ4v) is 0.822. The monoisotopic (exact) mass is 456 g/mol. The lowest BCUT2D eigenvalue weighted by Crippen LogP contribution is -2.33. The lowest BCUT2D eigenvalue weighted by molar-refractivity contribution is 0.136. The first-order valence-electron chi connectivity index (χ1n) is 7.43. The van der Waals surface area contributed by atoms with Crippen LogP contribution < -0.4 is 44.2 Å². The van der Waals surface area contributed by atoms with Gasteiger partial charge in [-0.05, 0) is 0 Å². The average Bonchev–Trinajstić information content (AvgIpc) is 2.70. The second-order valence-corrected chi connectivity index (χ2v) is 3.87. The lowest BCUT2D eigenvalue weighted by atomic mass is 10.9. The molecule has 0 unspecified atom stereocenters. The zero-order valence-electron chi connectivity index (χ0n) is 16.5. The van der Waals surface area contributed by atoms with Crippen molar-refractivity contribution in [2.24, 2.45) is 42.9 Å². The number of aliphatic imine (C=N–C) groups is 4. The van der Waals surface area contributed by atoms with E-state index in [2.05, 4.69) is 30.6 Å². The third kappa shape index (κ3) is 32.5. The highest BCUT2D eigenvalue weighted by atomic mass is 16.5.